The van der Waals surface area contributed by atoms with Gasteiger partial charge in [0.05, 0.1) is 12.5 Å². The summed E-state index contributed by atoms with van der Waals surface area (Å²) >= 11 is 0. The SMILES string of the molecule is N#CCc1cc(Nc2ccc(OC(F)F)cc2)ccc1N. The number of nitrogens with one attached hydrogen (secondary N) is 1. The van der Waals surface area contributed by atoms with Crippen LogP contribution in [0, 0.1) is 11.3 Å². The Morgan fingerprint density at radius 2 is 1.81 bits per heavy atom. The quantitative estimate of drug-likeness (QED) is 0.824. The highest BCUT2D eigenvalue weighted by molar-refractivity contribution is 5.65. The van der Waals surface area contributed by atoms with E-state index in [1.807, 2.05) is 6.07 Å². The molecule has 2 rings (SSSR count). The van der Waals surface area contributed by atoms with Crippen molar-refractivity contribution in [1.82, 2.24) is 0 Å². The van der Waals surface area contributed by atoms with Crippen LogP contribution in [-0.2, 0) is 6.42 Å². The molecule has 0 saturated heterocycles. The minimum absolute atomic E-state index is 0.0954. The van der Waals surface area contributed by atoms with Gasteiger partial charge in [0.1, 0.15) is 5.75 Å². The van der Waals surface area contributed by atoms with E-state index >= 15 is 0 Å². The lowest BCUT2D eigenvalue weighted by Crippen LogP contribution is -2.01. The summed E-state index contributed by atoms with van der Waals surface area (Å²) in [6.45, 7) is -2.84. The lowest BCUT2D eigenvalue weighted by atomic mass is 10.1. The molecule has 108 valence electrons. The molecule has 0 bridgehead atoms. The Kier molecular flexibility index (Phi) is 4.57. The topological polar surface area (TPSA) is 71.1 Å². The molecule has 4 nitrogen and oxygen atoms in total. The van der Waals surface area contributed by atoms with E-state index in [1.54, 1.807) is 30.3 Å². The number of benzene rings is 2. The van der Waals surface area contributed by atoms with Crippen LogP contribution in [0.2, 0.25) is 0 Å². The number of hydrogen-bond donors (Lipinski definition) is 2. The number of ether oxygens (including phenoxy) is 1. The highest BCUT2D eigenvalue weighted by Crippen LogP contribution is 2.24. The molecule has 0 amide bonds. The van der Waals surface area contributed by atoms with Crippen molar-refractivity contribution in [3.05, 3.63) is 48.0 Å². The van der Waals surface area contributed by atoms with Crippen LogP contribution in [0.3, 0.4) is 0 Å². The number of nitrogens with zero attached hydrogens (tertiary/aromatic N) is 1. The van der Waals surface area contributed by atoms with Gasteiger partial charge in [-0.15, -0.1) is 0 Å². The Morgan fingerprint density at radius 3 is 2.43 bits per heavy atom. The van der Waals surface area contributed by atoms with Crippen LogP contribution in [0.4, 0.5) is 25.8 Å². The van der Waals surface area contributed by atoms with Gasteiger partial charge in [0.2, 0.25) is 0 Å². The fourth-order valence-corrected chi connectivity index (χ4v) is 1.81. The van der Waals surface area contributed by atoms with Gasteiger partial charge >= 0.3 is 6.61 Å². The minimum atomic E-state index is -2.84. The van der Waals surface area contributed by atoms with Gasteiger partial charge in [-0.2, -0.15) is 14.0 Å². The molecule has 0 heterocycles. The maximum absolute atomic E-state index is 12.0. The Balaban J connectivity index is 2.11. The van der Waals surface area contributed by atoms with Crippen LogP contribution in [0.15, 0.2) is 42.5 Å². The highest BCUT2D eigenvalue weighted by Gasteiger charge is 2.05. The van der Waals surface area contributed by atoms with E-state index in [2.05, 4.69) is 10.1 Å². The molecule has 0 saturated carbocycles. The molecule has 0 aliphatic carbocycles. The summed E-state index contributed by atoms with van der Waals surface area (Å²) in [4.78, 5) is 0. The second-order valence-electron chi connectivity index (χ2n) is 4.28. The van der Waals surface area contributed by atoms with Crippen LogP contribution in [0.1, 0.15) is 5.56 Å². The normalized spacial score (nSPS) is 10.2. The van der Waals surface area contributed by atoms with Gasteiger partial charge in [0.25, 0.3) is 0 Å². The standard InChI is InChI=1S/C15H13F2N3O/c16-15(17)21-13-4-1-11(2-5-13)20-12-3-6-14(19)10(9-12)7-8-18/h1-6,9,15,20H,7,19H2. The molecule has 6 heteroatoms. The van der Waals surface area contributed by atoms with E-state index < -0.39 is 6.61 Å². The Bertz CT molecular complexity index is 651. The summed E-state index contributed by atoms with van der Waals surface area (Å²) in [5.74, 6) is 0.0954. The minimum Gasteiger partial charge on any atom is -0.435 e. The molecule has 0 aromatic heterocycles. The van der Waals surface area contributed by atoms with Gasteiger partial charge in [-0.1, -0.05) is 0 Å². The first-order valence-corrected chi connectivity index (χ1v) is 6.16. The molecule has 0 fully saturated rings. The number of alkyl halides is 2. The van der Waals surface area contributed by atoms with Gasteiger partial charge in [-0.25, -0.2) is 0 Å². The van der Waals surface area contributed by atoms with Crippen LogP contribution in [-0.4, -0.2) is 6.61 Å². The first-order chi connectivity index (χ1) is 10.1. The van der Waals surface area contributed by atoms with E-state index in [0.29, 0.717) is 11.4 Å². The number of nitriles is 1. The number of halogens is 2. The summed E-state index contributed by atoms with van der Waals surface area (Å²) in [7, 11) is 0. The van der Waals surface area contributed by atoms with Crippen LogP contribution in [0.25, 0.3) is 0 Å². The number of nitrogen functional groups attached to an aromatic ring is 1. The number of hydrogen-bond acceptors (Lipinski definition) is 4. The van der Waals surface area contributed by atoms with Crippen molar-refractivity contribution in [2.24, 2.45) is 0 Å². The number of anilines is 3. The third-order valence-corrected chi connectivity index (χ3v) is 2.78. The van der Waals surface area contributed by atoms with Crippen molar-refractivity contribution in [3.63, 3.8) is 0 Å². The predicted octanol–water partition coefficient (Wildman–Crippen LogP) is 3.68. The fraction of sp³-hybridized carbons (Fsp3) is 0.133. The third kappa shape index (κ3) is 4.08. The van der Waals surface area contributed by atoms with Gasteiger partial charge in [-0.3, -0.25) is 0 Å². The zero-order valence-corrected chi connectivity index (χ0v) is 11.0. The van der Waals surface area contributed by atoms with Crippen LogP contribution >= 0.6 is 0 Å². The number of rotatable bonds is 5. The average Bonchev–Trinajstić information content (AvgIpc) is 2.44. The van der Waals surface area contributed by atoms with Crippen molar-refractivity contribution in [2.75, 3.05) is 11.1 Å². The maximum atomic E-state index is 12.0. The highest BCUT2D eigenvalue weighted by atomic mass is 19.3. The maximum Gasteiger partial charge on any atom is 0.387 e. The summed E-state index contributed by atoms with van der Waals surface area (Å²) in [5, 5.41) is 11.8. The monoisotopic (exact) mass is 289 g/mol. The molecular formula is C15H13F2N3O. The third-order valence-electron chi connectivity index (χ3n) is 2.78. The predicted molar refractivity (Wildman–Crippen MR) is 76.5 cm³/mol. The van der Waals surface area contributed by atoms with Crippen molar-refractivity contribution >= 4 is 17.1 Å². The Labute approximate surface area is 120 Å². The van der Waals surface area contributed by atoms with Crippen LogP contribution < -0.4 is 15.8 Å². The molecule has 0 spiro atoms. The molecule has 3 N–H and O–H groups in total. The van der Waals surface area contributed by atoms with Gasteiger partial charge < -0.3 is 15.8 Å². The lowest BCUT2D eigenvalue weighted by Gasteiger charge is -2.10. The summed E-state index contributed by atoms with van der Waals surface area (Å²) in [6, 6.07) is 13.5. The van der Waals surface area contributed by atoms with Crippen LogP contribution in [0.5, 0.6) is 5.75 Å². The summed E-state index contributed by atoms with van der Waals surface area (Å²) in [6.07, 6.45) is 0.225. The molecule has 2 aromatic carbocycles. The second kappa shape index (κ2) is 6.57. The molecule has 2 aromatic rings. The van der Waals surface area contributed by atoms with Gasteiger partial charge in [0, 0.05) is 17.1 Å². The second-order valence-corrected chi connectivity index (χ2v) is 4.28. The molecule has 0 aliphatic heterocycles. The van der Waals surface area contributed by atoms with Gasteiger partial charge in [0.15, 0.2) is 0 Å². The van der Waals surface area contributed by atoms with E-state index in [9.17, 15) is 8.78 Å². The average molecular weight is 289 g/mol. The largest absolute Gasteiger partial charge is 0.435 e. The summed E-state index contributed by atoms with van der Waals surface area (Å²) in [5.41, 5.74) is 8.54. The zero-order valence-electron chi connectivity index (χ0n) is 11.0. The molecule has 0 aliphatic rings. The van der Waals surface area contributed by atoms with Gasteiger partial charge in [-0.05, 0) is 48.0 Å². The first kappa shape index (κ1) is 14.6. The van der Waals surface area contributed by atoms with E-state index in [-0.39, 0.29) is 12.2 Å². The van der Waals surface area contributed by atoms with E-state index in [0.717, 1.165) is 11.3 Å². The van der Waals surface area contributed by atoms with E-state index in [4.69, 9.17) is 11.0 Å². The smallest absolute Gasteiger partial charge is 0.387 e. The zero-order chi connectivity index (χ0) is 15.2. The van der Waals surface area contributed by atoms with E-state index in [1.165, 1.54) is 12.1 Å². The van der Waals surface area contributed by atoms with Crippen molar-refractivity contribution < 1.29 is 13.5 Å². The molecule has 21 heavy (non-hydrogen) atoms. The molecule has 0 unspecified atom stereocenters. The fourth-order valence-electron chi connectivity index (χ4n) is 1.81. The van der Waals surface area contributed by atoms with Crippen molar-refractivity contribution in [1.29, 1.82) is 5.26 Å². The molecule has 0 radical (unpaired) electrons. The Hall–Kier alpha value is -2.81. The first-order valence-electron chi connectivity index (χ1n) is 6.16. The number of nitrogens with two attached hydrogens (primary N) is 1. The molecular weight excluding hydrogens is 276 g/mol. The Morgan fingerprint density at radius 1 is 1.14 bits per heavy atom. The van der Waals surface area contributed by atoms with Crippen molar-refractivity contribution in [2.45, 2.75) is 13.0 Å². The van der Waals surface area contributed by atoms with Crippen molar-refractivity contribution in [3.8, 4) is 11.8 Å². The summed E-state index contributed by atoms with van der Waals surface area (Å²) < 4.78 is 28.4. The lowest BCUT2D eigenvalue weighted by molar-refractivity contribution is -0.0498. The molecule has 0 atom stereocenters.